The molecule has 1 aromatic carbocycles. The summed E-state index contributed by atoms with van der Waals surface area (Å²) in [5.74, 6) is 0.359. The highest BCUT2D eigenvalue weighted by molar-refractivity contribution is 7.16. The van der Waals surface area contributed by atoms with Crippen molar-refractivity contribution in [3.8, 4) is 11.5 Å². The maximum absolute atomic E-state index is 12.4. The largest absolute Gasteiger partial charge is 0.497 e. The lowest BCUT2D eigenvalue weighted by Gasteiger charge is -2.15. The predicted octanol–water partition coefficient (Wildman–Crippen LogP) is 3.65. The van der Waals surface area contributed by atoms with E-state index in [0.717, 1.165) is 4.88 Å². The van der Waals surface area contributed by atoms with Crippen molar-refractivity contribution in [3.63, 3.8) is 0 Å². The first-order chi connectivity index (χ1) is 11.9. The molecule has 6 nitrogen and oxygen atoms in total. The fraction of sp³-hybridized carbons (Fsp3) is 0.333. The molecular formula is C18H21NO5S. The van der Waals surface area contributed by atoms with Gasteiger partial charge in [-0.25, -0.2) is 4.79 Å². The number of hydrogen-bond donors (Lipinski definition) is 1. The van der Waals surface area contributed by atoms with Gasteiger partial charge in [0, 0.05) is 10.9 Å². The van der Waals surface area contributed by atoms with Crippen LogP contribution < -0.4 is 14.8 Å². The second kappa shape index (κ2) is 8.53. The molecule has 0 fully saturated rings. The van der Waals surface area contributed by atoms with Crippen LogP contribution in [0, 0.1) is 6.92 Å². The van der Waals surface area contributed by atoms with E-state index in [0.29, 0.717) is 22.1 Å². The second-order valence-corrected chi connectivity index (χ2v) is 6.50. The van der Waals surface area contributed by atoms with Crippen molar-refractivity contribution in [2.45, 2.75) is 26.9 Å². The standard InChI is InChI=1S/C18H21NO5S/c1-5-23-18(21)15-9-11(2)25-17(15)19-16(20)12(3)24-14-8-6-7-13(10-14)22-4/h6-10,12H,5H2,1-4H3,(H,19,20). The van der Waals surface area contributed by atoms with Gasteiger partial charge in [-0.2, -0.15) is 0 Å². The minimum absolute atomic E-state index is 0.274. The molecule has 0 aliphatic rings. The summed E-state index contributed by atoms with van der Waals surface area (Å²) in [7, 11) is 1.56. The van der Waals surface area contributed by atoms with Crippen LogP contribution in [-0.2, 0) is 9.53 Å². The van der Waals surface area contributed by atoms with Gasteiger partial charge in [0.1, 0.15) is 16.5 Å². The van der Waals surface area contributed by atoms with Gasteiger partial charge >= 0.3 is 5.97 Å². The van der Waals surface area contributed by atoms with Crippen LogP contribution in [0.25, 0.3) is 0 Å². The minimum Gasteiger partial charge on any atom is -0.497 e. The zero-order valence-corrected chi connectivity index (χ0v) is 15.4. The highest BCUT2D eigenvalue weighted by Gasteiger charge is 2.21. The number of anilines is 1. The van der Waals surface area contributed by atoms with E-state index in [1.165, 1.54) is 11.3 Å². The predicted molar refractivity (Wildman–Crippen MR) is 96.7 cm³/mol. The van der Waals surface area contributed by atoms with Crippen LogP contribution in [-0.4, -0.2) is 31.7 Å². The normalized spacial score (nSPS) is 11.5. The van der Waals surface area contributed by atoms with E-state index >= 15 is 0 Å². The first-order valence-electron chi connectivity index (χ1n) is 7.83. The van der Waals surface area contributed by atoms with Gasteiger partial charge in [0.25, 0.3) is 5.91 Å². The van der Waals surface area contributed by atoms with Crippen LogP contribution in [0.5, 0.6) is 11.5 Å². The van der Waals surface area contributed by atoms with Gasteiger partial charge in [0.2, 0.25) is 0 Å². The van der Waals surface area contributed by atoms with Gasteiger partial charge in [-0.15, -0.1) is 11.3 Å². The molecule has 1 heterocycles. The number of methoxy groups -OCH3 is 1. The Bertz CT molecular complexity index is 756. The van der Waals surface area contributed by atoms with Crippen molar-refractivity contribution in [1.82, 2.24) is 0 Å². The molecule has 0 aliphatic carbocycles. The average molecular weight is 363 g/mol. The van der Waals surface area contributed by atoms with E-state index < -0.39 is 12.1 Å². The number of thiophene rings is 1. The number of esters is 1. The number of rotatable bonds is 7. The van der Waals surface area contributed by atoms with Crippen LogP contribution >= 0.6 is 11.3 Å². The van der Waals surface area contributed by atoms with E-state index in [2.05, 4.69) is 5.32 Å². The molecule has 1 atom stereocenters. The molecule has 25 heavy (non-hydrogen) atoms. The van der Waals surface area contributed by atoms with E-state index in [9.17, 15) is 9.59 Å². The fourth-order valence-corrected chi connectivity index (χ4v) is 3.02. The lowest BCUT2D eigenvalue weighted by molar-refractivity contribution is -0.122. The van der Waals surface area contributed by atoms with Crippen LogP contribution in [0.2, 0.25) is 0 Å². The second-order valence-electron chi connectivity index (χ2n) is 5.25. The Hall–Kier alpha value is -2.54. The number of nitrogens with one attached hydrogen (secondary N) is 1. The Labute approximate surface area is 150 Å². The first kappa shape index (κ1) is 18.8. The number of carbonyl (C=O) groups excluding carboxylic acids is 2. The third kappa shape index (κ3) is 4.96. The minimum atomic E-state index is -0.746. The third-order valence-electron chi connectivity index (χ3n) is 3.31. The van der Waals surface area contributed by atoms with Gasteiger partial charge in [0.05, 0.1) is 19.3 Å². The van der Waals surface area contributed by atoms with Gasteiger partial charge in [-0.3, -0.25) is 4.79 Å². The zero-order valence-electron chi connectivity index (χ0n) is 14.6. The molecule has 1 N–H and O–H groups in total. The third-order valence-corrected chi connectivity index (χ3v) is 4.28. The number of aryl methyl sites for hydroxylation is 1. The topological polar surface area (TPSA) is 73.9 Å². The highest BCUT2D eigenvalue weighted by Crippen LogP contribution is 2.29. The molecule has 134 valence electrons. The molecule has 0 spiro atoms. The Morgan fingerprint density at radius 1 is 1.24 bits per heavy atom. The molecular weight excluding hydrogens is 342 g/mol. The molecule has 7 heteroatoms. The Kier molecular flexibility index (Phi) is 6.41. The van der Waals surface area contributed by atoms with E-state index in [1.54, 1.807) is 51.3 Å². The molecule has 1 aromatic heterocycles. The van der Waals surface area contributed by atoms with Crippen molar-refractivity contribution in [2.24, 2.45) is 0 Å². The summed E-state index contributed by atoms with van der Waals surface area (Å²) in [6, 6.07) is 8.71. The number of hydrogen-bond acceptors (Lipinski definition) is 6. The molecule has 0 bridgehead atoms. The van der Waals surface area contributed by atoms with Crippen LogP contribution in [0.15, 0.2) is 30.3 Å². The van der Waals surface area contributed by atoms with Crippen LogP contribution in [0.4, 0.5) is 5.00 Å². The lowest BCUT2D eigenvalue weighted by atomic mass is 10.3. The van der Waals surface area contributed by atoms with Crippen molar-refractivity contribution < 1.29 is 23.8 Å². The molecule has 0 radical (unpaired) electrons. The van der Waals surface area contributed by atoms with Crippen molar-refractivity contribution in [1.29, 1.82) is 0 Å². The van der Waals surface area contributed by atoms with Crippen molar-refractivity contribution >= 4 is 28.2 Å². The first-order valence-corrected chi connectivity index (χ1v) is 8.65. The molecule has 0 saturated carbocycles. The Morgan fingerprint density at radius 3 is 2.64 bits per heavy atom. The number of ether oxygens (including phenoxy) is 3. The maximum atomic E-state index is 12.4. The molecule has 0 aliphatic heterocycles. The van der Waals surface area contributed by atoms with Crippen molar-refractivity contribution in [2.75, 3.05) is 19.0 Å². The van der Waals surface area contributed by atoms with E-state index in [-0.39, 0.29) is 12.5 Å². The van der Waals surface area contributed by atoms with Gasteiger partial charge in [-0.1, -0.05) is 6.07 Å². The van der Waals surface area contributed by atoms with E-state index in [4.69, 9.17) is 14.2 Å². The van der Waals surface area contributed by atoms with Gasteiger partial charge < -0.3 is 19.5 Å². The lowest BCUT2D eigenvalue weighted by Crippen LogP contribution is -2.30. The molecule has 1 unspecified atom stereocenters. The highest BCUT2D eigenvalue weighted by atomic mass is 32.1. The molecule has 2 aromatic rings. The molecule has 0 saturated heterocycles. The summed E-state index contributed by atoms with van der Waals surface area (Å²) in [6.07, 6.45) is -0.746. The van der Waals surface area contributed by atoms with Crippen LogP contribution in [0.3, 0.4) is 0 Å². The SMILES string of the molecule is CCOC(=O)c1cc(C)sc1NC(=O)C(C)Oc1cccc(OC)c1. The number of benzene rings is 1. The van der Waals surface area contributed by atoms with E-state index in [1.807, 2.05) is 6.92 Å². The Morgan fingerprint density at radius 2 is 1.96 bits per heavy atom. The van der Waals surface area contributed by atoms with Gasteiger partial charge in [-0.05, 0) is 39.0 Å². The van der Waals surface area contributed by atoms with Crippen LogP contribution in [0.1, 0.15) is 29.1 Å². The summed E-state index contributed by atoms with van der Waals surface area (Å²) in [4.78, 5) is 25.3. The number of amides is 1. The summed E-state index contributed by atoms with van der Waals surface area (Å²) in [5, 5.41) is 3.20. The smallest absolute Gasteiger partial charge is 0.341 e. The average Bonchev–Trinajstić information content (AvgIpc) is 2.95. The Balaban J connectivity index is 2.07. The fourth-order valence-electron chi connectivity index (χ4n) is 2.11. The van der Waals surface area contributed by atoms with Gasteiger partial charge in [0.15, 0.2) is 6.10 Å². The maximum Gasteiger partial charge on any atom is 0.341 e. The summed E-state index contributed by atoms with van der Waals surface area (Å²) in [6.45, 7) is 5.51. The molecule has 1 amide bonds. The molecule has 2 rings (SSSR count). The monoisotopic (exact) mass is 363 g/mol. The zero-order chi connectivity index (χ0) is 18.4. The summed E-state index contributed by atoms with van der Waals surface area (Å²) >= 11 is 1.32. The summed E-state index contributed by atoms with van der Waals surface area (Å²) < 4.78 is 15.8. The quantitative estimate of drug-likeness (QED) is 0.760. The number of carbonyl (C=O) groups is 2. The summed E-state index contributed by atoms with van der Waals surface area (Å²) in [5.41, 5.74) is 0.353. The van der Waals surface area contributed by atoms with Crippen molar-refractivity contribution in [3.05, 3.63) is 40.8 Å².